The van der Waals surface area contributed by atoms with E-state index in [0.29, 0.717) is 21.6 Å². The fourth-order valence-corrected chi connectivity index (χ4v) is 3.75. The van der Waals surface area contributed by atoms with Crippen molar-refractivity contribution in [3.8, 4) is 16.5 Å². The van der Waals surface area contributed by atoms with Gasteiger partial charge in [-0.15, -0.1) is 10.2 Å². The highest BCUT2D eigenvalue weighted by atomic mass is 32.1. The molecule has 4 aromatic rings. The Morgan fingerprint density at radius 3 is 2.47 bits per heavy atom. The summed E-state index contributed by atoms with van der Waals surface area (Å²) in [6, 6.07) is 16.3. The van der Waals surface area contributed by atoms with E-state index in [0.717, 1.165) is 11.1 Å². The molecule has 0 aliphatic carbocycles. The van der Waals surface area contributed by atoms with Gasteiger partial charge in [0.15, 0.2) is 6.10 Å². The van der Waals surface area contributed by atoms with Crippen molar-refractivity contribution in [1.29, 1.82) is 0 Å². The van der Waals surface area contributed by atoms with E-state index in [-0.39, 0.29) is 5.91 Å². The van der Waals surface area contributed by atoms with Crippen LogP contribution in [0.1, 0.15) is 35.9 Å². The summed E-state index contributed by atoms with van der Waals surface area (Å²) < 4.78 is 5.95. The van der Waals surface area contributed by atoms with Crippen LogP contribution in [0.25, 0.3) is 10.6 Å². The van der Waals surface area contributed by atoms with Crippen LogP contribution in [0, 0.1) is 0 Å². The number of nitrogens with one attached hydrogen (secondary N) is 1. The molecule has 2 N–H and O–H groups in total. The van der Waals surface area contributed by atoms with Crippen LogP contribution in [0.2, 0.25) is 0 Å². The maximum absolute atomic E-state index is 12.6. The maximum Gasteiger partial charge on any atom is 0.259 e. The Balaban J connectivity index is 1.44. The molecule has 0 bridgehead atoms. The predicted molar refractivity (Wildman–Crippen MR) is 121 cm³/mol. The van der Waals surface area contributed by atoms with Crippen molar-refractivity contribution < 1.29 is 14.6 Å². The van der Waals surface area contributed by atoms with E-state index in [1.807, 2.05) is 42.5 Å². The summed E-state index contributed by atoms with van der Waals surface area (Å²) in [5.74, 6) is -0.0583. The molecule has 3 aromatic heterocycles. The van der Waals surface area contributed by atoms with Crippen LogP contribution < -0.4 is 10.1 Å². The van der Waals surface area contributed by atoms with Crippen LogP contribution >= 0.6 is 11.3 Å². The fourth-order valence-electron chi connectivity index (χ4n) is 3.01. The Morgan fingerprint density at radius 1 is 1.06 bits per heavy atom. The zero-order chi connectivity index (χ0) is 22.6. The van der Waals surface area contributed by atoms with Crippen LogP contribution in [0.5, 0.6) is 5.88 Å². The van der Waals surface area contributed by atoms with Crippen LogP contribution in [-0.2, 0) is 0 Å². The molecular formula is C23H21N5O3S. The second-order valence-corrected chi connectivity index (χ2v) is 8.53. The van der Waals surface area contributed by atoms with E-state index in [1.165, 1.54) is 17.5 Å². The number of hydrogen-bond acceptors (Lipinski definition) is 8. The summed E-state index contributed by atoms with van der Waals surface area (Å²) in [7, 11) is 0. The summed E-state index contributed by atoms with van der Waals surface area (Å²) in [5, 5.41) is 22.5. The average Bonchev–Trinajstić information content (AvgIpc) is 3.27. The third-order valence-corrected chi connectivity index (χ3v) is 5.44. The zero-order valence-corrected chi connectivity index (χ0v) is 18.3. The molecule has 162 valence electrons. The number of ether oxygens (including phenoxy) is 1. The largest absolute Gasteiger partial charge is 0.466 e. The van der Waals surface area contributed by atoms with Gasteiger partial charge in [0.1, 0.15) is 10.6 Å². The van der Waals surface area contributed by atoms with Gasteiger partial charge in [-0.3, -0.25) is 15.1 Å². The standard InChI is InChI=1S/C23H21N5O3S/c1-23(2,30)19(15-6-4-3-5-7-15)31-18-9-8-17(14-25-18)20(29)26-22-28-27-21(32-22)16-10-12-24-13-11-16/h3-14,19,30H,1-2H3,(H,26,28,29). The van der Waals surface area contributed by atoms with Gasteiger partial charge in [-0.25, -0.2) is 4.98 Å². The highest BCUT2D eigenvalue weighted by Crippen LogP contribution is 2.30. The number of amides is 1. The first-order valence-electron chi connectivity index (χ1n) is 9.85. The minimum Gasteiger partial charge on any atom is -0.466 e. The number of anilines is 1. The summed E-state index contributed by atoms with van der Waals surface area (Å²) in [4.78, 5) is 20.8. The Hall–Kier alpha value is -3.69. The Labute approximate surface area is 189 Å². The topological polar surface area (TPSA) is 110 Å². The van der Waals surface area contributed by atoms with E-state index in [2.05, 4.69) is 25.5 Å². The summed E-state index contributed by atoms with van der Waals surface area (Å²) in [5.41, 5.74) is 0.909. The lowest BCUT2D eigenvalue weighted by molar-refractivity contribution is -0.0373. The number of aromatic nitrogens is 4. The monoisotopic (exact) mass is 447 g/mol. The zero-order valence-electron chi connectivity index (χ0n) is 17.5. The van der Waals surface area contributed by atoms with Gasteiger partial charge >= 0.3 is 0 Å². The van der Waals surface area contributed by atoms with E-state index < -0.39 is 11.7 Å². The van der Waals surface area contributed by atoms with Crippen LogP contribution in [0.4, 0.5) is 5.13 Å². The maximum atomic E-state index is 12.6. The molecule has 0 saturated carbocycles. The van der Waals surface area contributed by atoms with Crippen LogP contribution in [0.3, 0.4) is 0 Å². The number of hydrogen-bond donors (Lipinski definition) is 2. The lowest BCUT2D eigenvalue weighted by Gasteiger charge is -2.29. The van der Waals surface area contributed by atoms with Gasteiger partial charge in [0, 0.05) is 30.2 Å². The summed E-state index contributed by atoms with van der Waals surface area (Å²) in [6.45, 7) is 3.35. The van der Waals surface area contributed by atoms with Gasteiger partial charge < -0.3 is 9.84 Å². The van der Waals surface area contributed by atoms with Crippen molar-refractivity contribution in [1.82, 2.24) is 20.2 Å². The molecule has 1 amide bonds. The van der Waals surface area contributed by atoms with Crippen molar-refractivity contribution in [2.24, 2.45) is 0 Å². The molecule has 3 heterocycles. The molecular weight excluding hydrogens is 426 g/mol. The number of carbonyl (C=O) groups excluding carboxylic acids is 1. The van der Waals surface area contributed by atoms with E-state index in [9.17, 15) is 9.90 Å². The van der Waals surface area contributed by atoms with Gasteiger partial charge in [0.05, 0.1) is 5.56 Å². The highest BCUT2D eigenvalue weighted by Gasteiger charge is 2.30. The molecule has 9 heteroatoms. The Bertz CT molecular complexity index is 1180. The number of pyridine rings is 2. The molecule has 8 nitrogen and oxygen atoms in total. The molecule has 32 heavy (non-hydrogen) atoms. The van der Waals surface area contributed by atoms with Crippen molar-refractivity contribution in [3.05, 3.63) is 84.3 Å². The van der Waals surface area contributed by atoms with Crippen molar-refractivity contribution in [2.75, 3.05) is 5.32 Å². The van der Waals surface area contributed by atoms with Crippen molar-refractivity contribution in [3.63, 3.8) is 0 Å². The molecule has 0 aliphatic heterocycles. The first kappa shape index (κ1) is 21.5. The molecule has 1 unspecified atom stereocenters. The highest BCUT2D eigenvalue weighted by molar-refractivity contribution is 7.18. The van der Waals surface area contributed by atoms with Gasteiger partial charge in [0.2, 0.25) is 11.0 Å². The third kappa shape index (κ3) is 5.13. The lowest BCUT2D eigenvalue weighted by Crippen LogP contribution is -2.33. The van der Waals surface area contributed by atoms with Gasteiger partial charge in [-0.1, -0.05) is 41.7 Å². The molecule has 4 rings (SSSR count). The summed E-state index contributed by atoms with van der Waals surface area (Å²) in [6.07, 6.45) is 4.14. The number of rotatable bonds is 7. The molecule has 1 atom stereocenters. The third-order valence-electron chi connectivity index (χ3n) is 4.55. The van der Waals surface area contributed by atoms with Crippen molar-refractivity contribution >= 4 is 22.4 Å². The van der Waals surface area contributed by atoms with Crippen LogP contribution in [0.15, 0.2) is 73.2 Å². The predicted octanol–water partition coefficient (Wildman–Crippen LogP) is 4.14. The number of carbonyl (C=O) groups is 1. The van der Waals surface area contributed by atoms with E-state index in [4.69, 9.17) is 4.74 Å². The molecule has 0 radical (unpaired) electrons. The normalized spacial score (nSPS) is 12.2. The first-order valence-corrected chi connectivity index (χ1v) is 10.7. The second kappa shape index (κ2) is 9.21. The number of benzene rings is 1. The smallest absolute Gasteiger partial charge is 0.259 e. The Morgan fingerprint density at radius 2 is 1.81 bits per heavy atom. The molecule has 1 aromatic carbocycles. The Kier molecular flexibility index (Phi) is 6.20. The lowest BCUT2D eigenvalue weighted by atomic mass is 9.95. The van der Waals surface area contributed by atoms with Crippen LogP contribution in [-0.4, -0.2) is 36.8 Å². The summed E-state index contributed by atoms with van der Waals surface area (Å²) >= 11 is 1.27. The molecule has 0 saturated heterocycles. The van der Waals surface area contributed by atoms with Gasteiger partial charge in [0.25, 0.3) is 5.91 Å². The van der Waals surface area contributed by atoms with Crippen molar-refractivity contribution in [2.45, 2.75) is 25.6 Å². The molecule has 0 fully saturated rings. The quantitative estimate of drug-likeness (QED) is 0.438. The fraction of sp³-hybridized carbons (Fsp3) is 0.174. The second-order valence-electron chi connectivity index (χ2n) is 7.55. The van der Waals surface area contributed by atoms with Gasteiger partial charge in [-0.05, 0) is 37.6 Å². The van der Waals surface area contributed by atoms with Gasteiger partial charge in [-0.2, -0.15) is 0 Å². The SMILES string of the molecule is CC(C)(O)C(Oc1ccc(C(=O)Nc2nnc(-c3ccncc3)s2)cn1)c1ccccc1. The first-order chi connectivity index (χ1) is 15.4. The average molecular weight is 448 g/mol. The number of aliphatic hydroxyl groups is 1. The van der Waals surface area contributed by atoms with E-state index >= 15 is 0 Å². The minimum atomic E-state index is -1.14. The molecule has 0 spiro atoms. The van der Waals surface area contributed by atoms with E-state index in [1.54, 1.807) is 38.4 Å². The molecule has 0 aliphatic rings. The number of nitrogens with zero attached hydrogens (tertiary/aromatic N) is 4. The minimum absolute atomic E-state index is 0.299.